The fraction of sp³-hybridized carbons (Fsp3) is 0.211. The fourth-order valence-corrected chi connectivity index (χ4v) is 3.99. The van der Waals surface area contributed by atoms with E-state index in [1.165, 1.54) is 6.92 Å². The Labute approximate surface area is 173 Å². The maximum atomic E-state index is 13.8. The molecule has 5 nitrogen and oxygen atoms in total. The number of carboxylic acids is 1. The first kappa shape index (κ1) is 22.5. The smallest absolute Gasteiger partial charge is 0.419 e. The molecule has 31 heavy (non-hydrogen) atoms. The van der Waals surface area contributed by atoms with Crippen molar-refractivity contribution >= 4 is 33.4 Å². The quantitative estimate of drug-likeness (QED) is 0.560. The van der Waals surface area contributed by atoms with Crippen molar-refractivity contribution in [3.05, 3.63) is 63.7 Å². The average Bonchev–Trinajstić information content (AvgIpc) is 2.98. The zero-order chi connectivity index (χ0) is 23.1. The molecule has 3 aromatic rings. The highest BCUT2D eigenvalue weighted by Crippen LogP contribution is 2.31. The topological polar surface area (TPSA) is 71.7 Å². The zero-order valence-corrected chi connectivity index (χ0v) is 16.3. The summed E-state index contributed by atoms with van der Waals surface area (Å²) in [4.78, 5) is 27.5. The summed E-state index contributed by atoms with van der Waals surface area (Å²) in [7, 11) is 0. The molecule has 0 spiro atoms. The van der Waals surface area contributed by atoms with Crippen LogP contribution in [0.2, 0.25) is 0 Å². The Morgan fingerprint density at radius 2 is 1.74 bits per heavy atom. The lowest BCUT2D eigenvalue weighted by molar-refractivity contribution is -0.141. The van der Waals surface area contributed by atoms with Gasteiger partial charge in [-0.25, -0.2) is 18.0 Å². The van der Waals surface area contributed by atoms with E-state index in [9.17, 15) is 41.0 Å². The molecule has 0 saturated carbocycles. The van der Waals surface area contributed by atoms with Gasteiger partial charge in [-0.2, -0.15) is 18.2 Å². The summed E-state index contributed by atoms with van der Waals surface area (Å²) >= 11 is 0.674. The van der Waals surface area contributed by atoms with E-state index in [-0.39, 0.29) is 21.4 Å². The highest BCUT2D eigenvalue weighted by atomic mass is 32.1. The van der Waals surface area contributed by atoms with Crippen LogP contribution in [0, 0.1) is 17.5 Å². The number of fused-ring (bicyclic) bond motifs is 1. The van der Waals surface area contributed by atoms with Crippen LogP contribution >= 0.6 is 11.3 Å². The molecule has 0 fully saturated rings. The van der Waals surface area contributed by atoms with E-state index < -0.39 is 52.7 Å². The molecule has 12 heteroatoms. The van der Waals surface area contributed by atoms with Crippen molar-refractivity contribution in [3.63, 3.8) is 0 Å². The molecule has 1 heterocycles. The maximum absolute atomic E-state index is 13.8. The van der Waals surface area contributed by atoms with E-state index in [0.29, 0.717) is 23.5 Å². The molecule has 1 amide bonds. The molecule has 0 aliphatic rings. The molecule has 1 aromatic heterocycles. The first-order valence-corrected chi connectivity index (χ1v) is 9.44. The fourth-order valence-electron chi connectivity index (χ4n) is 2.91. The van der Waals surface area contributed by atoms with E-state index >= 15 is 0 Å². The first-order valence-electron chi connectivity index (χ1n) is 8.62. The molecule has 0 bridgehead atoms. The number of halogens is 6. The number of rotatable bonds is 4. The van der Waals surface area contributed by atoms with Crippen LogP contribution in [-0.4, -0.2) is 21.6 Å². The monoisotopic (exact) mass is 462 g/mol. The van der Waals surface area contributed by atoms with Gasteiger partial charge in [0.1, 0.15) is 11.9 Å². The normalized spacial score (nSPS) is 13.6. The van der Waals surface area contributed by atoms with Crippen molar-refractivity contribution in [1.29, 1.82) is 0 Å². The van der Waals surface area contributed by atoms with Crippen molar-refractivity contribution in [2.24, 2.45) is 4.99 Å². The van der Waals surface area contributed by atoms with Gasteiger partial charge >= 0.3 is 12.1 Å². The first-order chi connectivity index (χ1) is 14.4. The van der Waals surface area contributed by atoms with Gasteiger partial charge < -0.3 is 9.67 Å². The maximum Gasteiger partial charge on any atom is 0.419 e. The van der Waals surface area contributed by atoms with E-state index in [1.54, 1.807) is 0 Å². The van der Waals surface area contributed by atoms with Crippen LogP contribution in [0.4, 0.5) is 26.3 Å². The Morgan fingerprint density at radius 1 is 1.10 bits per heavy atom. The third-order valence-electron chi connectivity index (χ3n) is 4.37. The zero-order valence-electron chi connectivity index (χ0n) is 15.5. The number of benzene rings is 2. The van der Waals surface area contributed by atoms with Crippen molar-refractivity contribution in [2.75, 3.05) is 0 Å². The number of carboxylic acid groups (broad SMARTS) is 1. The molecule has 0 aliphatic carbocycles. The van der Waals surface area contributed by atoms with Gasteiger partial charge in [0.25, 0.3) is 5.91 Å². The van der Waals surface area contributed by atoms with Crippen LogP contribution in [0.3, 0.4) is 0 Å². The van der Waals surface area contributed by atoms with Crippen LogP contribution in [0.1, 0.15) is 35.3 Å². The average molecular weight is 462 g/mol. The number of aromatic nitrogens is 1. The molecule has 3 rings (SSSR count). The Hall–Kier alpha value is -3.15. The van der Waals surface area contributed by atoms with Crippen molar-refractivity contribution in [2.45, 2.75) is 25.6 Å². The molecule has 1 atom stereocenters. The summed E-state index contributed by atoms with van der Waals surface area (Å²) in [5.74, 6) is -6.62. The van der Waals surface area contributed by atoms with Crippen LogP contribution in [-0.2, 0) is 11.0 Å². The molecule has 164 valence electrons. The lowest BCUT2D eigenvalue weighted by Crippen LogP contribution is -2.27. The third-order valence-corrected chi connectivity index (χ3v) is 5.39. The lowest BCUT2D eigenvalue weighted by atomic mass is 10.1. The number of carbonyl (C=O) groups is 2. The summed E-state index contributed by atoms with van der Waals surface area (Å²) in [6, 6.07) is 1.74. The number of nitrogens with zero attached hydrogens (tertiary/aromatic N) is 2. The minimum absolute atomic E-state index is 0.00352. The van der Waals surface area contributed by atoms with E-state index in [0.717, 1.165) is 22.8 Å². The molecule has 0 aliphatic heterocycles. The second kappa shape index (κ2) is 8.17. The molecule has 1 unspecified atom stereocenters. The Balaban J connectivity index is 2.20. The Morgan fingerprint density at radius 3 is 2.29 bits per heavy atom. The highest BCUT2D eigenvalue weighted by Gasteiger charge is 2.34. The van der Waals surface area contributed by atoms with Gasteiger partial charge in [0.2, 0.25) is 0 Å². The van der Waals surface area contributed by atoms with Gasteiger partial charge in [-0.1, -0.05) is 18.3 Å². The van der Waals surface area contributed by atoms with Gasteiger partial charge in [0, 0.05) is 11.6 Å². The summed E-state index contributed by atoms with van der Waals surface area (Å²) in [5.41, 5.74) is -2.12. The van der Waals surface area contributed by atoms with Crippen molar-refractivity contribution in [3.8, 4) is 0 Å². The van der Waals surface area contributed by atoms with Gasteiger partial charge in [0.15, 0.2) is 16.4 Å². The van der Waals surface area contributed by atoms with Crippen LogP contribution < -0.4 is 4.80 Å². The lowest BCUT2D eigenvalue weighted by Gasteiger charge is -2.13. The predicted octanol–water partition coefficient (Wildman–Crippen LogP) is 4.92. The standard InChI is InChI=1S/C19H12F6N2O3S/c1-2-13(17(29)30)27-14-6-11(21)12(22)7-15(14)31-18(27)26-16(28)8-3-4-9(10(20)5-8)19(23,24)25/h3-7,13H,2H2,1H3,(H,29,30). The minimum atomic E-state index is -4.96. The second-order valence-corrected chi connectivity index (χ2v) is 7.37. The summed E-state index contributed by atoms with van der Waals surface area (Å²) in [6.45, 7) is 1.51. The Bertz CT molecular complexity index is 1260. The Kier molecular flexibility index (Phi) is 5.94. The van der Waals surface area contributed by atoms with Crippen LogP contribution in [0.25, 0.3) is 10.2 Å². The summed E-state index contributed by atoms with van der Waals surface area (Å²) in [6.07, 6.45) is -4.96. The van der Waals surface area contributed by atoms with E-state index in [2.05, 4.69) is 4.99 Å². The number of thiazole rings is 1. The van der Waals surface area contributed by atoms with Gasteiger partial charge in [0.05, 0.1) is 15.8 Å². The largest absolute Gasteiger partial charge is 0.480 e. The molecular formula is C19H12F6N2O3S. The van der Waals surface area contributed by atoms with E-state index in [1.807, 2.05) is 0 Å². The van der Waals surface area contributed by atoms with E-state index in [4.69, 9.17) is 0 Å². The van der Waals surface area contributed by atoms with Gasteiger partial charge in [-0.15, -0.1) is 0 Å². The number of amides is 1. The number of hydrogen-bond donors (Lipinski definition) is 1. The van der Waals surface area contributed by atoms with Crippen LogP contribution in [0.15, 0.2) is 35.3 Å². The number of hydrogen-bond acceptors (Lipinski definition) is 3. The third kappa shape index (κ3) is 4.33. The molecule has 0 radical (unpaired) electrons. The second-order valence-electron chi connectivity index (χ2n) is 6.36. The number of carbonyl (C=O) groups excluding carboxylic acids is 1. The predicted molar refractivity (Wildman–Crippen MR) is 98.0 cm³/mol. The molecular weight excluding hydrogens is 450 g/mol. The summed E-state index contributed by atoms with van der Waals surface area (Å²) < 4.78 is 80.4. The minimum Gasteiger partial charge on any atom is -0.480 e. The summed E-state index contributed by atoms with van der Waals surface area (Å²) in [5, 5.41) is 9.48. The van der Waals surface area contributed by atoms with Gasteiger partial charge in [-0.05, 0) is 30.7 Å². The molecule has 0 saturated heterocycles. The highest BCUT2D eigenvalue weighted by molar-refractivity contribution is 7.16. The van der Waals surface area contributed by atoms with Gasteiger partial charge in [-0.3, -0.25) is 4.79 Å². The molecule has 2 aromatic carbocycles. The molecule has 1 N–H and O–H groups in total. The van der Waals surface area contributed by atoms with Crippen molar-refractivity contribution < 1.29 is 41.0 Å². The van der Waals surface area contributed by atoms with Crippen molar-refractivity contribution in [1.82, 2.24) is 4.57 Å². The van der Waals surface area contributed by atoms with Crippen LogP contribution in [0.5, 0.6) is 0 Å². The number of aliphatic carboxylic acids is 1. The number of alkyl halides is 3. The SMILES string of the molecule is CCC(C(=O)O)n1c(=NC(=O)c2ccc(C(F)(F)F)c(F)c2)sc2cc(F)c(F)cc21.